The molecule has 118 valence electrons. The van der Waals surface area contributed by atoms with Gasteiger partial charge in [0.25, 0.3) is 0 Å². The van der Waals surface area contributed by atoms with E-state index in [4.69, 9.17) is 4.74 Å². The molecule has 1 aliphatic rings. The maximum Gasteiger partial charge on any atom is 0.216 e. The van der Waals surface area contributed by atoms with E-state index in [0.717, 1.165) is 44.0 Å². The molecule has 0 bridgehead atoms. The van der Waals surface area contributed by atoms with Crippen LogP contribution < -0.4 is 4.72 Å². The van der Waals surface area contributed by atoms with E-state index in [0.29, 0.717) is 0 Å². The fourth-order valence-corrected chi connectivity index (χ4v) is 3.97. The van der Waals surface area contributed by atoms with Crippen LogP contribution in [0.3, 0.4) is 0 Å². The van der Waals surface area contributed by atoms with Crippen molar-refractivity contribution in [2.75, 3.05) is 32.8 Å². The number of rotatable bonds is 6. The number of aryl methyl sites for hydroxylation is 1. The highest BCUT2D eigenvalue weighted by molar-refractivity contribution is 7.88. The number of hydrogen-bond acceptors (Lipinski definition) is 4. The van der Waals surface area contributed by atoms with Crippen LogP contribution in [0, 0.1) is 6.92 Å². The summed E-state index contributed by atoms with van der Waals surface area (Å²) < 4.78 is 32.5. The van der Waals surface area contributed by atoms with Crippen LogP contribution in [0.15, 0.2) is 24.3 Å². The highest BCUT2D eigenvalue weighted by Gasteiger charge is 2.19. The molecule has 0 aliphatic carbocycles. The molecule has 1 unspecified atom stereocenters. The molecular weight excluding hydrogens is 288 g/mol. The van der Waals surface area contributed by atoms with Crippen molar-refractivity contribution in [3.05, 3.63) is 35.4 Å². The molecule has 2 rings (SSSR count). The lowest BCUT2D eigenvalue weighted by molar-refractivity contribution is 0.0354. The second-order valence-corrected chi connectivity index (χ2v) is 7.43. The third-order valence-corrected chi connectivity index (χ3v) is 4.93. The summed E-state index contributed by atoms with van der Waals surface area (Å²) in [6, 6.07) is 7.50. The van der Waals surface area contributed by atoms with Gasteiger partial charge in [0.1, 0.15) is 0 Å². The Morgan fingerprint density at radius 2 is 2.05 bits per heavy atom. The van der Waals surface area contributed by atoms with Crippen molar-refractivity contribution in [2.24, 2.45) is 0 Å². The first-order chi connectivity index (χ1) is 9.94. The predicted octanol–water partition coefficient (Wildman–Crippen LogP) is 1.14. The van der Waals surface area contributed by atoms with Crippen LogP contribution in [0.1, 0.15) is 18.1 Å². The molecule has 21 heavy (non-hydrogen) atoms. The number of nitrogens with one attached hydrogen (secondary N) is 1. The van der Waals surface area contributed by atoms with E-state index < -0.39 is 10.0 Å². The Bertz CT molecular complexity index is 554. The van der Waals surface area contributed by atoms with Gasteiger partial charge in [-0.15, -0.1) is 0 Å². The van der Waals surface area contributed by atoms with Gasteiger partial charge >= 0.3 is 0 Å². The lowest BCUT2D eigenvalue weighted by Gasteiger charge is -2.29. The lowest BCUT2D eigenvalue weighted by Crippen LogP contribution is -2.46. The third-order valence-electron chi connectivity index (χ3n) is 3.46. The van der Waals surface area contributed by atoms with Crippen molar-refractivity contribution < 1.29 is 13.2 Å². The summed E-state index contributed by atoms with van der Waals surface area (Å²) in [5.41, 5.74) is 1.89. The number of benzene rings is 1. The molecule has 0 spiro atoms. The molecule has 1 atom stereocenters. The Morgan fingerprint density at radius 3 is 2.71 bits per heavy atom. The monoisotopic (exact) mass is 312 g/mol. The average molecular weight is 312 g/mol. The summed E-state index contributed by atoms with van der Waals surface area (Å²) in [4.78, 5) is 2.23. The molecule has 5 nitrogen and oxygen atoms in total. The van der Waals surface area contributed by atoms with E-state index in [1.807, 2.05) is 38.1 Å². The SMILES string of the molecule is Cc1cccc(CS(=O)(=O)NC(C)CN2CCOCC2)c1. The van der Waals surface area contributed by atoms with Gasteiger partial charge in [-0.1, -0.05) is 29.8 Å². The molecule has 1 aromatic rings. The zero-order valence-corrected chi connectivity index (χ0v) is 13.5. The van der Waals surface area contributed by atoms with E-state index in [1.165, 1.54) is 0 Å². The van der Waals surface area contributed by atoms with Gasteiger partial charge in [-0.3, -0.25) is 4.90 Å². The molecule has 0 amide bonds. The van der Waals surface area contributed by atoms with Gasteiger partial charge in [-0.25, -0.2) is 13.1 Å². The van der Waals surface area contributed by atoms with E-state index in [1.54, 1.807) is 0 Å². The molecule has 1 saturated heterocycles. The minimum atomic E-state index is -3.31. The molecular formula is C15H24N2O3S. The van der Waals surface area contributed by atoms with Crippen LogP contribution in [-0.4, -0.2) is 52.2 Å². The summed E-state index contributed by atoms with van der Waals surface area (Å²) in [6.07, 6.45) is 0. The topological polar surface area (TPSA) is 58.6 Å². The lowest BCUT2D eigenvalue weighted by atomic mass is 10.2. The first kappa shape index (κ1) is 16.4. The van der Waals surface area contributed by atoms with Crippen molar-refractivity contribution >= 4 is 10.0 Å². The van der Waals surface area contributed by atoms with Crippen LogP contribution in [-0.2, 0) is 20.5 Å². The van der Waals surface area contributed by atoms with Crippen molar-refractivity contribution in [3.8, 4) is 0 Å². The van der Waals surface area contributed by atoms with Crippen molar-refractivity contribution in [2.45, 2.75) is 25.6 Å². The largest absolute Gasteiger partial charge is 0.379 e. The standard InChI is InChI=1S/C15H24N2O3S/c1-13-4-3-5-15(10-13)12-21(18,19)16-14(2)11-17-6-8-20-9-7-17/h3-5,10,14,16H,6-9,11-12H2,1-2H3. The Kier molecular flexibility index (Phi) is 5.75. The fourth-order valence-electron chi connectivity index (χ4n) is 2.58. The molecule has 1 aromatic carbocycles. The van der Waals surface area contributed by atoms with Crippen LogP contribution in [0.2, 0.25) is 0 Å². The molecule has 1 N–H and O–H groups in total. The summed E-state index contributed by atoms with van der Waals surface area (Å²) in [5.74, 6) is 0.0299. The molecule has 1 heterocycles. The average Bonchev–Trinajstić information content (AvgIpc) is 2.38. The second kappa shape index (κ2) is 7.35. The van der Waals surface area contributed by atoms with E-state index in [-0.39, 0.29) is 11.8 Å². The van der Waals surface area contributed by atoms with Crippen molar-refractivity contribution in [1.29, 1.82) is 0 Å². The molecule has 0 saturated carbocycles. The Morgan fingerprint density at radius 1 is 1.33 bits per heavy atom. The third kappa shape index (κ3) is 5.74. The molecule has 6 heteroatoms. The Balaban J connectivity index is 1.87. The fraction of sp³-hybridized carbons (Fsp3) is 0.600. The summed E-state index contributed by atoms with van der Waals surface area (Å²) >= 11 is 0. The minimum absolute atomic E-state index is 0.0299. The molecule has 0 radical (unpaired) electrons. The first-order valence-corrected chi connectivity index (χ1v) is 8.95. The van der Waals surface area contributed by atoms with Crippen molar-refractivity contribution in [3.63, 3.8) is 0 Å². The summed E-state index contributed by atoms with van der Waals surface area (Å²) in [7, 11) is -3.31. The summed E-state index contributed by atoms with van der Waals surface area (Å²) in [5, 5.41) is 0. The van der Waals surface area contributed by atoms with E-state index >= 15 is 0 Å². The van der Waals surface area contributed by atoms with Gasteiger partial charge in [0.15, 0.2) is 0 Å². The number of sulfonamides is 1. The first-order valence-electron chi connectivity index (χ1n) is 7.30. The van der Waals surface area contributed by atoms with E-state index in [2.05, 4.69) is 9.62 Å². The highest BCUT2D eigenvalue weighted by Crippen LogP contribution is 2.08. The van der Waals surface area contributed by atoms with Gasteiger partial charge in [0, 0.05) is 25.7 Å². The van der Waals surface area contributed by atoms with Crippen LogP contribution in [0.5, 0.6) is 0 Å². The van der Waals surface area contributed by atoms with E-state index in [9.17, 15) is 8.42 Å². The van der Waals surface area contributed by atoms with Gasteiger partial charge in [0.05, 0.1) is 19.0 Å². The van der Waals surface area contributed by atoms with Crippen LogP contribution in [0.4, 0.5) is 0 Å². The van der Waals surface area contributed by atoms with Gasteiger partial charge < -0.3 is 4.74 Å². The molecule has 0 aromatic heterocycles. The number of ether oxygens (including phenoxy) is 1. The Labute approximate surface area is 127 Å². The Hall–Kier alpha value is -0.950. The zero-order valence-electron chi connectivity index (χ0n) is 12.7. The highest BCUT2D eigenvalue weighted by atomic mass is 32.2. The number of morpholine rings is 1. The minimum Gasteiger partial charge on any atom is -0.379 e. The summed E-state index contributed by atoms with van der Waals surface area (Å²) in [6.45, 7) is 7.77. The maximum absolute atomic E-state index is 12.2. The smallest absolute Gasteiger partial charge is 0.216 e. The zero-order chi connectivity index (χ0) is 15.3. The quantitative estimate of drug-likeness (QED) is 0.856. The van der Waals surface area contributed by atoms with Gasteiger partial charge in [0.2, 0.25) is 10.0 Å². The number of nitrogens with zero attached hydrogens (tertiary/aromatic N) is 1. The van der Waals surface area contributed by atoms with Gasteiger partial charge in [-0.05, 0) is 19.4 Å². The van der Waals surface area contributed by atoms with Crippen LogP contribution >= 0.6 is 0 Å². The molecule has 1 fully saturated rings. The second-order valence-electron chi connectivity index (χ2n) is 5.68. The van der Waals surface area contributed by atoms with Gasteiger partial charge in [-0.2, -0.15) is 0 Å². The molecule has 1 aliphatic heterocycles. The van der Waals surface area contributed by atoms with Crippen LogP contribution in [0.25, 0.3) is 0 Å². The maximum atomic E-state index is 12.2. The normalized spacial score (nSPS) is 18.6. The van der Waals surface area contributed by atoms with Crippen molar-refractivity contribution in [1.82, 2.24) is 9.62 Å². The number of hydrogen-bond donors (Lipinski definition) is 1. The predicted molar refractivity (Wildman–Crippen MR) is 83.7 cm³/mol.